The van der Waals surface area contributed by atoms with Crippen LogP contribution in [0, 0.1) is 6.92 Å². The van der Waals surface area contributed by atoms with Gasteiger partial charge in [0.05, 0.1) is 15.8 Å². The van der Waals surface area contributed by atoms with Gasteiger partial charge >= 0.3 is 0 Å². The maximum Gasteiger partial charge on any atom is 0.183 e. The van der Waals surface area contributed by atoms with Crippen molar-refractivity contribution < 1.29 is 8.42 Å². The van der Waals surface area contributed by atoms with Crippen molar-refractivity contribution in [2.75, 3.05) is 5.73 Å². The number of aryl methyl sites for hydroxylation is 1. The summed E-state index contributed by atoms with van der Waals surface area (Å²) in [6.45, 7) is 5.66. The zero-order valence-electron chi connectivity index (χ0n) is 10.0. The van der Waals surface area contributed by atoms with Crippen molar-refractivity contribution in [3.8, 4) is 0 Å². The molecule has 0 unspecified atom stereocenters. The van der Waals surface area contributed by atoms with Gasteiger partial charge in [0.1, 0.15) is 0 Å². The lowest BCUT2D eigenvalue weighted by molar-refractivity contribution is 0.572. The van der Waals surface area contributed by atoms with Crippen molar-refractivity contribution in [1.29, 1.82) is 0 Å². The number of anilines is 1. The van der Waals surface area contributed by atoms with Crippen molar-refractivity contribution in [3.63, 3.8) is 0 Å². The Kier molecular flexibility index (Phi) is 3.97. The summed E-state index contributed by atoms with van der Waals surface area (Å²) in [6.07, 6.45) is 1.23. The molecule has 0 aromatic heterocycles. The Morgan fingerprint density at radius 3 is 2.25 bits per heavy atom. The number of hydrogen-bond acceptors (Lipinski definition) is 3. The average Bonchev–Trinajstić information content (AvgIpc) is 2.18. The van der Waals surface area contributed by atoms with Crippen LogP contribution in [0.15, 0.2) is 23.1 Å². The molecule has 4 heteroatoms. The minimum absolute atomic E-state index is 0.270. The van der Waals surface area contributed by atoms with Gasteiger partial charge < -0.3 is 5.73 Å². The minimum Gasteiger partial charge on any atom is -0.398 e. The predicted molar refractivity (Wildman–Crippen MR) is 67.1 cm³/mol. The number of rotatable bonds is 4. The molecule has 0 saturated heterocycles. The summed E-state index contributed by atoms with van der Waals surface area (Å²) in [5.41, 5.74) is 7.10. The second kappa shape index (κ2) is 4.87. The maximum atomic E-state index is 12.2. The molecule has 2 N–H and O–H groups in total. The van der Waals surface area contributed by atoms with Gasteiger partial charge in [0.2, 0.25) is 0 Å². The molecule has 0 atom stereocenters. The van der Waals surface area contributed by atoms with Crippen molar-refractivity contribution in [2.24, 2.45) is 0 Å². The monoisotopic (exact) mass is 241 g/mol. The van der Waals surface area contributed by atoms with Crippen LogP contribution in [0.5, 0.6) is 0 Å². The number of hydrogen-bond donors (Lipinski definition) is 1. The van der Waals surface area contributed by atoms with E-state index in [9.17, 15) is 8.42 Å². The molecule has 0 bridgehead atoms. The van der Waals surface area contributed by atoms with Crippen LogP contribution in [0.4, 0.5) is 5.69 Å². The van der Waals surface area contributed by atoms with E-state index in [4.69, 9.17) is 5.73 Å². The van der Waals surface area contributed by atoms with E-state index in [0.29, 0.717) is 18.5 Å². The molecule has 90 valence electrons. The first-order valence-corrected chi connectivity index (χ1v) is 7.08. The Morgan fingerprint density at radius 1 is 1.25 bits per heavy atom. The van der Waals surface area contributed by atoms with E-state index < -0.39 is 9.84 Å². The van der Waals surface area contributed by atoms with Gasteiger partial charge in [-0.05, 0) is 37.5 Å². The van der Waals surface area contributed by atoms with Crippen LogP contribution in [0.2, 0.25) is 0 Å². The van der Waals surface area contributed by atoms with Gasteiger partial charge in [-0.15, -0.1) is 0 Å². The van der Waals surface area contributed by atoms with E-state index in [1.54, 1.807) is 18.2 Å². The smallest absolute Gasteiger partial charge is 0.183 e. The van der Waals surface area contributed by atoms with Gasteiger partial charge in [-0.2, -0.15) is 0 Å². The van der Waals surface area contributed by atoms with Gasteiger partial charge in [0.25, 0.3) is 0 Å². The molecule has 0 aliphatic carbocycles. The summed E-state index contributed by atoms with van der Waals surface area (Å²) in [6, 6.07) is 5.10. The molecule has 0 fully saturated rings. The van der Waals surface area contributed by atoms with E-state index in [2.05, 4.69) is 0 Å². The predicted octanol–water partition coefficient (Wildman–Crippen LogP) is 2.54. The Bertz CT molecular complexity index is 462. The Balaban J connectivity index is 3.27. The quantitative estimate of drug-likeness (QED) is 0.824. The highest BCUT2D eigenvalue weighted by atomic mass is 32.2. The molecule has 0 amide bonds. The first-order chi connectivity index (χ1) is 7.43. The molecule has 0 heterocycles. The van der Waals surface area contributed by atoms with Crippen LogP contribution in [-0.2, 0) is 9.84 Å². The number of nitrogens with two attached hydrogens (primary N) is 1. The fourth-order valence-electron chi connectivity index (χ4n) is 1.83. The lowest BCUT2D eigenvalue weighted by atomic mass is 10.2. The highest BCUT2D eigenvalue weighted by molar-refractivity contribution is 7.92. The molecule has 3 nitrogen and oxygen atoms in total. The summed E-state index contributed by atoms with van der Waals surface area (Å²) in [7, 11) is -3.27. The molecule has 0 spiro atoms. The zero-order valence-corrected chi connectivity index (χ0v) is 10.8. The highest BCUT2D eigenvalue weighted by Gasteiger charge is 2.26. The molecule has 0 radical (unpaired) electrons. The standard InChI is InChI=1S/C12H19NO2S/c1-4-10(5-2)16(14,15)12-7-6-9(3)8-11(12)13/h6-8,10H,4-5,13H2,1-3H3. The topological polar surface area (TPSA) is 60.2 Å². The summed E-state index contributed by atoms with van der Waals surface area (Å²) >= 11 is 0. The highest BCUT2D eigenvalue weighted by Crippen LogP contribution is 2.26. The fraction of sp³-hybridized carbons (Fsp3) is 0.500. The maximum absolute atomic E-state index is 12.2. The number of sulfone groups is 1. The summed E-state index contributed by atoms with van der Waals surface area (Å²) in [4.78, 5) is 0.270. The summed E-state index contributed by atoms with van der Waals surface area (Å²) < 4.78 is 24.5. The Morgan fingerprint density at radius 2 is 1.81 bits per heavy atom. The van der Waals surface area contributed by atoms with E-state index in [1.165, 1.54) is 0 Å². The Hall–Kier alpha value is -1.03. The van der Waals surface area contributed by atoms with Crippen LogP contribution in [0.25, 0.3) is 0 Å². The van der Waals surface area contributed by atoms with E-state index >= 15 is 0 Å². The van der Waals surface area contributed by atoms with Gasteiger partial charge in [0.15, 0.2) is 9.84 Å². The molecule has 16 heavy (non-hydrogen) atoms. The van der Waals surface area contributed by atoms with Crippen LogP contribution < -0.4 is 5.73 Å². The first-order valence-electron chi connectivity index (χ1n) is 5.53. The number of nitrogen functional groups attached to an aromatic ring is 1. The van der Waals surface area contributed by atoms with Gasteiger partial charge in [-0.1, -0.05) is 19.9 Å². The average molecular weight is 241 g/mol. The van der Waals surface area contributed by atoms with Crippen LogP contribution >= 0.6 is 0 Å². The lowest BCUT2D eigenvalue weighted by Gasteiger charge is -2.15. The fourth-order valence-corrected chi connectivity index (χ4v) is 3.72. The summed E-state index contributed by atoms with van der Waals surface area (Å²) in [5, 5.41) is -0.336. The zero-order chi connectivity index (χ0) is 12.3. The third kappa shape index (κ3) is 2.38. The van der Waals surface area contributed by atoms with Gasteiger partial charge in [-0.3, -0.25) is 0 Å². The lowest BCUT2D eigenvalue weighted by Crippen LogP contribution is -2.20. The second-order valence-corrected chi connectivity index (χ2v) is 6.22. The van der Waals surface area contributed by atoms with E-state index in [1.807, 2.05) is 20.8 Å². The van der Waals surface area contributed by atoms with Crippen LogP contribution in [-0.4, -0.2) is 13.7 Å². The first kappa shape index (κ1) is 13.0. The SMILES string of the molecule is CCC(CC)S(=O)(=O)c1ccc(C)cc1N. The molecular weight excluding hydrogens is 222 g/mol. The minimum atomic E-state index is -3.27. The molecular formula is C12H19NO2S. The molecule has 0 aliphatic heterocycles. The Labute approximate surface area is 97.6 Å². The van der Waals surface area contributed by atoms with Crippen molar-refractivity contribution in [1.82, 2.24) is 0 Å². The van der Waals surface area contributed by atoms with Crippen molar-refractivity contribution in [3.05, 3.63) is 23.8 Å². The molecule has 1 rings (SSSR count). The molecule has 0 aliphatic rings. The van der Waals surface area contributed by atoms with Crippen LogP contribution in [0.3, 0.4) is 0 Å². The molecule has 0 saturated carbocycles. The van der Waals surface area contributed by atoms with Gasteiger partial charge in [0, 0.05) is 0 Å². The second-order valence-electron chi connectivity index (χ2n) is 4.02. The molecule has 1 aromatic carbocycles. The van der Waals surface area contributed by atoms with E-state index in [-0.39, 0.29) is 10.1 Å². The largest absolute Gasteiger partial charge is 0.398 e. The van der Waals surface area contributed by atoms with Crippen molar-refractivity contribution in [2.45, 2.75) is 43.8 Å². The normalized spacial score (nSPS) is 12.0. The van der Waals surface area contributed by atoms with Crippen molar-refractivity contribution >= 4 is 15.5 Å². The summed E-state index contributed by atoms with van der Waals surface area (Å²) in [5.74, 6) is 0. The van der Waals surface area contributed by atoms with Crippen LogP contribution in [0.1, 0.15) is 32.3 Å². The number of benzene rings is 1. The van der Waals surface area contributed by atoms with E-state index in [0.717, 1.165) is 5.56 Å². The third-order valence-electron chi connectivity index (χ3n) is 2.82. The third-order valence-corrected chi connectivity index (χ3v) is 5.35. The van der Waals surface area contributed by atoms with Gasteiger partial charge in [-0.25, -0.2) is 8.42 Å². The molecule has 1 aromatic rings.